The largest absolute Gasteiger partial charge is 0.497 e. The number of benzene rings is 3. The molecule has 0 aliphatic carbocycles. The number of hydrogen-bond donors (Lipinski definition) is 2. The van der Waals surface area contributed by atoms with Crippen LogP contribution in [-0.4, -0.2) is 45.0 Å². The Labute approximate surface area is 254 Å². The molecule has 0 aliphatic heterocycles. The molecule has 3 aromatic carbocycles. The standard InChI is InChI=1S/C30H29ClN4O7S/c1-20-4-13-26(14-5-20)43(38,39)35(18-21-6-8-22(31)9-7-21)19-25-11-10-24(42-25)17-32-34-30(37)29(36)33-27-16-23(40-2)12-15-28(27)41-3/h4-17H,18-19H2,1-3H3,(H,33,36)(H,34,37)/b32-17+. The highest BCUT2D eigenvalue weighted by Gasteiger charge is 2.26. The fourth-order valence-electron chi connectivity index (χ4n) is 3.90. The van der Waals surface area contributed by atoms with Crippen molar-refractivity contribution in [3.63, 3.8) is 0 Å². The van der Waals surface area contributed by atoms with Crippen molar-refractivity contribution in [3.8, 4) is 11.5 Å². The van der Waals surface area contributed by atoms with Crippen LogP contribution in [0.3, 0.4) is 0 Å². The maximum Gasteiger partial charge on any atom is 0.329 e. The van der Waals surface area contributed by atoms with E-state index in [2.05, 4.69) is 15.8 Å². The van der Waals surface area contributed by atoms with Crippen LogP contribution >= 0.6 is 11.6 Å². The lowest BCUT2D eigenvalue weighted by molar-refractivity contribution is -0.136. The number of hydrazone groups is 1. The number of methoxy groups -OCH3 is 2. The van der Waals surface area contributed by atoms with Gasteiger partial charge >= 0.3 is 11.8 Å². The van der Waals surface area contributed by atoms with E-state index in [1.54, 1.807) is 72.8 Å². The number of anilines is 1. The highest BCUT2D eigenvalue weighted by Crippen LogP contribution is 2.29. The summed E-state index contributed by atoms with van der Waals surface area (Å²) in [6.07, 6.45) is 1.19. The zero-order chi connectivity index (χ0) is 31.0. The SMILES string of the molecule is COc1ccc(OC)c(NC(=O)C(=O)N/N=C/c2ccc(CN(Cc3ccc(Cl)cc3)S(=O)(=O)c3ccc(C)cc3)o2)c1. The Morgan fingerprint density at radius 1 is 0.930 bits per heavy atom. The molecule has 0 saturated heterocycles. The summed E-state index contributed by atoms with van der Waals surface area (Å²) in [6, 6.07) is 21.4. The second-order valence-electron chi connectivity index (χ2n) is 9.24. The molecular weight excluding hydrogens is 596 g/mol. The van der Waals surface area contributed by atoms with Crippen LogP contribution < -0.4 is 20.2 Å². The van der Waals surface area contributed by atoms with Crippen LogP contribution in [0.5, 0.6) is 11.5 Å². The van der Waals surface area contributed by atoms with Crippen LogP contribution in [0, 0.1) is 6.92 Å². The van der Waals surface area contributed by atoms with E-state index in [0.717, 1.165) is 11.1 Å². The Balaban J connectivity index is 1.44. The number of nitrogens with zero attached hydrogens (tertiary/aromatic N) is 2. The second kappa shape index (κ2) is 14.0. The lowest BCUT2D eigenvalue weighted by atomic mass is 10.2. The van der Waals surface area contributed by atoms with Gasteiger partial charge in [-0.2, -0.15) is 9.41 Å². The molecule has 2 amide bonds. The lowest BCUT2D eigenvalue weighted by Gasteiger charge is -2.21. The predicted molar refractivity (Wildman–Crippen MR) is 162 cm³/mol. The van der Waals surface area contributed by atoms with Crippen molar-refractivity contribution in [1.82, 2.24) is 9.73 Å². The number of nitrogens with one attached hydrogen (secondary N) is 2. The van der Waals surface area contributed by atoms with E-state index in [1.807, 2.05) is 6.92 Å². The molecule has 1 heterocycles. The third-order valence-electron chi connectivity index (χ3n) is 6.16. The summed E-state index contributed by atoms with van der Waals surface area (Å²) < 4.78 is 44.5. The van der Waals surface area contributed by atoms with Crippen molar-refractivity contribution in [2.24, 2.45) is 5.10 Å². The lowest BCUT2D eigenvalue weighted by Crippen LogP contribution is -2.32. The van der Waals surface area contributed by atoms with Gasteiger partial charge in [-0.15, -0.1) is 0 Å². The first kappa shape index (κ1) is 31.3. The normalized spacial score (nSPS) is 11.5. The van der Waals surface area contributed by atoms with Gasteiger partial charge in [-0.1, -0.05) is 41.4 Å². The van der Waals surface area contributed by atoms with Gasteiger partial charge in [0.15, 0.2) is 0 Å². The number of rotatable bonds is 11. The quantitative estimate of drug-likeness (QED) is 0.140. The smallest absolute Gasteiger partial charge is 0.329 e. The molecule has 224 valence electrons. The van der Waals surface area contributed by atoms with Crippen LogP contribution in [0.1, 0.15) is 22.6 Å². The minimum atomic E-state index is -3.90. The Kier molecular flexibility index (Phi) is 10.2. The molecule has 11 nitrogen and oxygen atoms in total. The van der Waals surface area contributed by atoms with Gasteiger partial charge in [0.1, 0.15) is 23.0 Å². The van der Waals surface area contributed by atoms with Crippen molar-refractivity contribution in [3.05, 3.63) is 107 Å². The van der Waals surface area contributed by atoms with E-state index in [4.69, 9.17) is 25.5 Å². The summed E-state index contributed by atoms with van der Waals surface area (Å²) in [6.45, 7) is 1.87. The molecule has 0 radical (unpaired) electrons. The average molecular weight is 625 g/mol. The van der Waals surface area contributed by atoms with E-state index in [-0.39, 0.29) is 29.4 Å². The number of ether oxygens (including phenoxy) is 2. The van der Waals surface area contributed by atoms with Gasteiger partial charge in [-0.25, -0.2) is 13.8 Å². The maximum absolute atomic E-state index is 13.6. The van der Waals surface area contributed by atoms with Crippen LogP contribution in [0.4, 0.5) is 5.69 Å². The van der Waals surface area contributed by atoms with E-state index in [0.29, 0.717) is 22.3 Å². The van der Waals surface area contributed by atoms with Gasteiger partial charge < -0.3 is 19.2 Å². The van der Waals surface area contributed by atoms with Gasteiger partial charge in [0.05, 0.1) is 37.6 Å². The van der Waals surface area contributed by atoms with Crippen LogP contribution in [0.2, 0.25) is 5.02 Å². The van der Waals surface area contributed by atoms with Gasteiger partial charge in [-0.3, -0.25) is 9.59 Å². The fraction of sp³-hybridized carbons (Fsp3) is 0.167. The number of sulfonamides is 1. The number of halogens is 1. The zero-order valence-electron chi connectivity index (χ0n) is 23.5. The molecule has 4 rings (SSSR count). The fourth-order valence-corrected chi connectivity index (χ4v) is 5.42. The van der Waals surface area contributed by atoms with E-state index < -0.39 is 21.8 Å². The Morgan fingerprint density at radius 3 is 2.33 bits per heavy atom. The van der Waals surface area contributed by atoms with Crippen LogP contribution in [0.15, 0.2) is 93.3 Å². The molecule has 4 aromatic rings. The Hall–Kier alpha value is -4.65. The second-order valence-corrected chi connectivity index (χ2v) is 11.6. The first-order valence-electron chi connectivity index (χ1n) is 12.9. The van der Waals surface area contributed by atoms with Gasteiger partial charge in [0.25, 0.3) is 0 Å². The van der Waals surface area contributed by atoms with Gasteiger partial charge in [0.2, 0.25) is 10.0 Å². The van der Waals surface area contributed by atoms with Crippen molar-refractivity contribution in [2.45, 2.75) is 24.9 Å². The molecule has 2 N–H and O–H groups in total. The number of carbonyl (C=O) groups excluding carboxylic acids is 2. The number of carbonyl (C=O) groups is 2. The summed E-state index contributed by atoms with van der Waals surface area (Å²) in [5.74, 6) is -0.663. The average Bonchev–Trinajstić information content (AvgIpc) is 3.45. The third-order valence-corrected chi connectivity index (χ3v) is 8.22. The first-order chi connectivity index (χ1) is 20.6. The third kappa shape index (κ3) is 8.22. The molecule has 0 unspecified atom stereocenters. The maximum atomic E-state index is 13.6. The summed E-state index contributed by atoms with van der Waals surface area (Å²) >= 11 is 6.00. The Morgan fingerprint density at radius 2 is 1.65 bits per heavy atom. The highest BCUT2D eigenvalue weighted by atomic mass is 35.5. The molecule has 43 heavy (non-hydrogen) atoms. The molecule has 0 fully saturated rings. The minimum Gasteiger partial charge on any atom is -0.497 e. The first-order valence-corrected chi connectivity index (χ1v) is 14.7. The number of hydrogen-bond acceptors (Lipinski definition) is 8. The molecule has 0 bridgehead atoms. The topological polar surface area (TPSA) is 140 Å². The molecule has 0 atom stereocenters. The van der Waals surface area contributed by atoms with E-state index in [9.17, 15) is 18.0 Å². The highest BCUT2D eigenvalue weighted by molar-refractivity contribution is 7.89. The van der Waals surface area contributed by atoms with Crippen molar-refractivity contribution < 1.29 is 31.9 Å². The summed E-state index contributed by atoms with van der Waals surface area (Å²) in [4.78, 5) is 24.8. The summed E-state index contributed by atoms with van der Waals surface area (Å²) in [5.41, 5.74) is 4.04. The number of amides is 2. The van der Waals surface area contributed by atoms with E-state index in [1.165, 1.54) is 30.8 Å². The number of aryl methyl sites for hydroxylation is 1. The molecule has 0 aliphatic rings. The summed E-state index contributed by atoms with van der Waals surface area (Å²) in [7, 11) is -1.01. The predicted octanol–water partition coefficient (Wildman–Crippen LogP) is 4.74. The van der Waals surface area contributed by atoms with Gasteiger partial charge in [0, 0.05) is 17.6 Å². The minimum absolute atomic E-state index is 0.0702. The van der Waals surface area contributed by atoms with Crippen LogP contribution in [0.25, 0.3) is 0 Å². The van der Waals surface area contributed by atoms with Crippen LogP contribution in [-0.2, 0) is 32.7 Å². The van der Waals surface area contributed by atoms with Crippen molar-refractivity contribution in [2.75, 3.05) is 19.5 Å². The van der Waals surface area contributed by atoms with Crippen molar-refractivity contribution in [1.29, 1.82) is 0 Å². The monoisotopic (exact) mass is 624 g/mol. The number of furan rings is 1. The summed E-state index contributed by atoms with van der Waals surface area (Å²) in [5, 5.41) is 6.75. The van der Waals surface area contributed by atoms with E-state index >= 15 is 0 Å². The zero-order valence-corrected chi connectivity index (χ0v) is 25.1. The Bertz CT molecular complexity index is 1720. The molecular formula is C30H29ClN4O7S. The molecule has 0 saturated carbocycles. The molecule has 0 spiro atoms. The molecule has 1 aromatic heterocycles. The van der Waals surface area contributed by atoms with Gasteiger partial charge in [-0.05, 0) is 61.0 Å². The van der Waals surface area contributed by atoms with Crippen molar-refractivity contribution >= 4 is 45.3 Å². The molecule has 13 heteroatoms.